The van der Waals surface area contributed by atoms with E-state index in [0.29, 0.717) is 5.56 Å². The van der Waals surface area contributed by atoms with E-state index in [4.69, 9.17) is 9.72 Å². The first-order valence-corrected chi connectivity index (χ1v) is 9.60. The first kappa shape index (κ1) is 19.2. The molecule has 8 heteroatoms. The number of imidazole rings is 1. The summed E-state index contributed by atoms with van der Waals surface area (Å²) in [5.41, 5.74) is 4.74. The third kappa shape index (κ3) is 3.50. The zero-order chi connectivity index (χ0) is 20.7. The summed E-state index contributed by atoms with van der Waals surface area (Å²) in [6.07, 6.45) is 0.878. The van der Waals surface area contributed by atoms with Crippen LogP contribution in [0.2, 0.25) is 0 Å². The molecule has 2 aromatic heterocycles. The number of anilines is 1. The van der Waals surface area contributed by atoms with Gasteiger partial charge in [0.2, 0.25) is 5.91 Å². The normalized spacial score (nSPS) is 16.4. The fourth-order valence-electron chi connectivity index (χ4n) is 3.99. The summed E-state index contributed by atoms with van der Waals surface area (Å²) in [5, 5.41) is 7.64. The van der Waals surface area contributed by atoms with E-state index in [1.54, 1.807) is 10.6 Å². The highest BCUT2D eigenvalue weighted by molar-refractivity contribution is 5.77. The summed E-state index contributed by atoms with van der Waals surface area (Å²) in [5.74, 6) is -0.246. The van der Waals surface area contributed by atoms with Crippen LogP contribution < -0.4 is 15.0 Å². The lowest BCUT2D eigenvalue weighted by Gasteiger charge is -2.20. The number of carbonyl (C=O) groups excluding carboxylic acids is 1. The fourth-order valence-corrected chi connectivity index (χ4v) is 3.99. The maximum Gasteiger partial charge on any atom is 0.217 e. The molecule has 0 saturated carbocycles. The summed E-state index contributed by atoms with van der Waals surface area (Å²) in [6.45, 7) is 6.91. The zero-order valence-corrected chi connectivity index (χ0v) is 17.0. The molecule has 1 aliphatic rings. The molecular formula is C21H24FN5O2. The smallest absolute Gasteiger partial charge is 0.217 e. The van der Waals surface area contributed by atoms with Gasteiger partial charge in [0, 0.05) is 31.6 Å². The Kier molecular flexibility index (Phi) is 4.86. The first-order valence-electron chi connectivity index (χ1n) is 9.60. The van der Waals surface area contributed by atoms with Gasteiger partial charge in [-0.15, -0.1) is 0 Å². The fraction of sp³-hybridized carbons (Fsp3) is 0.381. The zero-order valence-electron chi connectivity index (χ0n) is 17.0. The SMILES string of the molecule is COc1ccc(-c2c(C)nc3c(N4CC[C@@H](NC(C)=O)C4)cc(C)nn23)cc1F. The van der Waals surface area contributed by atoms with Crippen molar-refractivity contribution in [3.63, 3.8) is 0 Å². The molecule has 0 bridgehead atoms. The molecular weight excluding hydrogens is 373 g/mol. The molecule has 29 heavy (non-hydrogen) atoms. The molecule has 7 nitrogen and oxygen atoms in total. The lowest BCUT2D eigenvalue weighted by Crippen LogP contribution is -2.35. The van der Waals surface area contributed by atoms with Crippen LogP contribution in [0.25, 0.3) is 16.9 Å². The van der Waals surface area contributed by atoms with E-state index >= 15 is 0 Å². The highest BCUT2D eigenvalue weighted by Gasteiger charge is 2.27. The Morgan fingerprint density at radius 2 is 2.10 bits per heavy atom. The molecule has 0 spiro atoms. The Morgan fingerprint density at radius 1 is 1.31 bits per heavy atom. The summed E-state index contributed by atoms with van der Waals surface area (Å²) in [4.78, 5) is 18.4. The Labute approximate surface area is 168 Å². The van der Waals surface area contributed by atoms with Gasteiger partial charge in [0.1, 0.15) is 0 Å². The number of carbonyl (C=O) groups is 1. The van der Waals surface area contributed by atoms with E-state index in [1.165, 1.54) is 20.1 Å². The Morgan fingerprint density at radius 3 is 2.79 bits per heavy atom. The maximum atomic E-state index is 14.3. The summed E-state index contributed by atoms with van der Waals surface area (Å²) in [7, 11) is 1.44. The molecule has 3 heterocycles. The third-order valence-corrected chi connectivity index (χ3v) is 5.22. The lowest BCUT2D eigenvalue weighted by atomic mass is 10.1. The van der Waals surface area contributed by atoms with Crippen LogP contribution in [0.4, 0.5) is 10.1 Å². The number of hydrogen-bond donors (Lipinski definition) is 1. The predicted octanol–water partition coefficient (Wildman–Crippen LogP) is 2.88. The molecule has 4 rings (SSSR count). The van der Waals surface area contributed by atoms with Gasteiger partial charge in [-0.2, -0.15) is 5.10 Å². The summed E-state index contributed by atoms with van der Waals surface area (Å²) in [6, 6.07) is 6.99. The van der Waals surface area contributed by atoms with Crippen molar-refractivity contribution in [1.29, 1.82) is 0 Å². The van der Waals surface area contributed by atoms with Crippen molar-refractivity contribution in [3.05, 3.63) is 41.5 Å². The van der Waals surface area contributed by atoms with E-state index in [0.717, 1.165) is 47.9 Å². The van der Waals surface area contributed by atoms with Crippen molar-refractivity contribution in [2.24, 2.45) is 0 Å². The highest BCUT2D eigenvalue weighted by Crippen LogP contribution is 2.32. The van der Waals surface area contributed by atoms with Crippen LogP contribution in [0.15, 0.2) is 24.3 Å². The van der Waals surface area contributed by atoms with E-state index < -0.39 is 5.82 Å². The molecule has 0 aliphatic carbocycles. The second-order valence-electron chi connectivity index (χ2n) is 7.43. The third-order valence-electron chi connectivity index (χ3n) is 5.22. The minimum atomic E-state index is -0.426. The molecule has 152 valence electrons. The van der Waals surface area contributed by atoms with E-state index in [2.05, 4.69) is 15.3 Å². The van der Waals surface area contributed by atoms with Crippen molar-refractivity contribution in [3.8, 4) is 17.0 Å². The van der Waals surface area contributed by atoms with Crippen molar-refractivity contribution >= 4 is 17.2 Å². The number of aryl methyl sites for hydroxylation is 2. The van der Waals surface area contributed by atoms with Gasteiger partial charge in [-0.05, 0) is 44.5 Å². The Balaban J connectivity index is 1.79. The van der Waals surface area contributed by atoms with Crippen LogP contribution >= 0.6 is 0 Å². The summed E-state index contributed by atoms with van der Waals surface area (Å²) >= 11 is 0. The van der Waals surface area contributed by atoms with Gasteiger partial charge in [-0.3, -0.25) is 4.79 Å². The van der Waals surface area contributed by atoms with Gasteiger partial charge in [0.15, 0.2) is 17.2 Å². The Bertz CT molecular complexity index is 1090. The summed E-state index contributed by atoms with van der Waals surface area (Å²) < 4.78 is 21.1. The number of methoxy groups -OCH3 is 1. The first-order chi connectivity index (χ1) is 13.9. The van der Waals surface area contributed by atoms with Crippen molar-refractivity contribution in [2.45, 2.75) is 33.2 Å². The number of halogens is 1. The minimum Gasteiger partial charge on any atom is -0.494 e. The van der Waals surface area contributed by atoms with E-state index in [-0.39, 0.29) is 17.7 Å². The molecule has 1 aromatic carbocycles. The van der Waals surface area contributed by atoms with Gasteiger partial charge in [0.25, 0.3) is 0 Å². The highest BCUT2D eigenvalue weighted by atomic mass is 19.1. The van der Waals surface area contributed by atoms with Crippen LogP contribution in [-0.2, 0) is 4.79 Å². The topological polar surface area (TPSA) is 71.8 Å². The monoisotopic (exact) mass is 397 g/mol. The Hall–Kier alpha value is -3.16. The van der Waals surface area contributed by atoms with Gasteiger partial charge in [-0.1, -0.05) is 0 Å². The van der Waals surface area contributed by atoms with E-state index in [9.17, 15) is 9.18 Å². The second-order valence-corrected chi connectivity index (χ2v) is 7.43. The molecule has 1 aliphatic heterocycles. The molecule has 1 atom stereocenters. The average molecular weight is 397 g/mol. The van der Waals surface area contributed by atoms with Crippen LogP contribution in [0.5, 0.6) is 5.75 Å². The number of aromatic nitrogens is 3. The lowest BCUT2D eigenvalue weighted by molar-refractivity contribution is -0.119. The number of fused-ring (bicyclic) bond motifs is 1. The van der Waals surface area contributed by atoms with Gasteiger partial charge < -0.3 is 15.0 Å². The van der Waals surface area contributed by atoms with Crippen LogP contribution in [0, 0.1) is 19.7 Å². The number of benzene rings is 1. The number of nitrogens with one attached hydrogen (secondary N) is 1. The standard InChI is InChI=1S/C21H24FN5O2/c1-12-9-18(26-8-7-16(11-26)24-14(3)28)21-23-13(2)20(27(21)25-12)15-5-6-19(29-4)17(22)10-15/h5-6,9-10,16H,7-8,11H2,1-4H3,(H,24,28)/t16-/m1/s1. The number of nitrogens with zero attached hydrogens (tertiary/aromatic N) is 4. The molecule has 1 fully saturated rings. The number of amides is 1. The predicted molar refractivity (Wildman–Crippen MR) is 109 cm³/mol. The molecule has 1 saturated heterocycles. The van der Waals surface area contributed by atoms with Gasteiger partial charge in [-0.25, -0.2) is 13.9 Å². The van der Waals surface area contributed by atoms with E-state index in [1.807, 2.05) is 26.0 Å². The molecule has 3 aromatic rings. The molecule has 0 radical (unpaired) electrons. The minimum absolute atomic E-state index is 0.0200. The molecule has 1 amide bonds. The maximum absolute atomic E-state index is 14.3. The second kappa shape index (κ2) is 7.35. The molecule has 1 N–H and O–H groups in total. The quantitative estimate of drug-likeness (QED) is 0.733. The number of ether oxygens (including phenoxy) is 1. The number of hydrogen-bond acceptors (Lipinski definition) is 5. The van der Waals surface area contributed by atoms with Crippen LogP contribution in [0.3, 0.4) is 0 Å². The van der Waals surface area contributed by atoms with Crippen molar-refractivity contribution < 1.29 is 13.9 Å². The van der Waals surface area contributed by atoms with Gasteiger partial charge in [0.05, 0.1) is 29.9 Å². The average Bonchev–Trinajstić information content (AvgIpc) is 3.24. The van der Waals surface area contributed by atoms with Crippen molar-refractivity contribution in [2.75, 3.05) is 25.1 Å². The van der Waals surface area contributed by atoms with Crippen LogP contribution in [-0.4, -0.2) is 46.7 Å². The number of rotatable bonds is 4. The van der Waals surface area contributed by atoms with Gasteiger partial charge >= 0.3 is 0 Å². The largest absolute Gasteiger partial charge is 0.494 e. The molecule has 0 unspecified atom stereocenters. The van der Waals surface area contributed by atoms with Crippen LogP contribution in [0.1, 0.15) is 24.7 Å². The van der Waals surface area contributed by atoms with Crippen molar-refractivity contribution in [1.82, 2.24) is 19.9 Å².